The molecule has 0 spiro atoms. The highest BCUT2D eigenvalue weighted by atomic mass is 127. The van der Waals surface area contributed by atoms with Crippen molar-refractivity contribution in [1.82, 2.24) is 25.7 Å². The fourth-order valence-corrected chi connectivity index (χ4v) is 2.42. The first-order valence-corrected chi connectivity index (χ1v) is 9.08. The number of aryl methyl sites for hydroxylation is 1. The average Bonchev–Trinajstić information content (AvgIpc) is 3.17. The normalized spacial score (nSPS) is 10.8. The van der Waals surface area contributed by atoms with E-state index >= 15 is 0 Å². The van der Waals surface area contributed by atoms with E-state index in [-0.39, 0.29) is 36.4 Å². The number of rotatable bonds is 10. The lowest BCUT2D eigenvalue weighted by molar-refractivity contribution is -0.119. The molecule has 27 heavy (non-hydrogen) atoms. The molecule has 0 radical (unpaired) electrons. The zero-order valence-electron chi connectivity index (χ0n) is 15.7. The molecule has 1 heterocycles. The maximum Gasteiger partial charge on any atom is 0.241 e. The van der Waals surface area contributed by atoms with Crippen LogP contribution in [0.2, 0.25) is 0 Å². The van der Waals surface area contributed by atoms with E-state index in [2.05, 4.69) is 38.2 Å². The highest BCUT2D eigenvalue weighted by molar-refractivity contribution is 14.0. The molecule has 3 N–H and O–H groups in total. The van der Waals surface area contributed by atoms with Gasteiger partial charge in [-0.05, 0) is 31.4 Å². The number of benzene rings is 1. The van der Waals surface area contributed by atoms with Crippen molar-refractivity contribution in [3.63, 3.8) is 0 Å². The van der Waals surface area contributed by atoms with Gasteiger partial charge in [-0.25, -0.2) is 4.99 Å². The van der Waals surface area contributed by atoms with Gasteiger partial charge in [-0.15, -0.1) is 24.0 Å². The van der Waals surface area contributed by atoms with Crippen molar-refractivity contribution in [3.8, 4) is 0 Å². The highest BCUT2D eigenvalue weighted by Gasteiger charge is 2.02. The van der Waals surface area contributed by atoms with Gasteiger partial charge in [-0.2, -0.15) is 5.10 Å². The number of carbonyl (C=O) groups is 1. The lowest BCUT2D eigenvalue weighted by atomic mass is 10.1. The topological polar surface area (TPSA) is 83.3 Å². The first kappa shape index (κ1) is 22.9. The van der Waals surface area contributed by atoms with Gasteiger partial charge in [0.1, 0.15) is 6.54 Å². The van der Waals surface area contributed by atoms with Crippen molar-refractivity contribution in [2.75, 3.05) is 26.2 Å². The van der Waals surface area contributed by atoms with Crippen LogP contribution in [0, 0.1) is 0 Å². The molecule has 1 amide bonds. The van der Waals surface area contributed by atoms with Gasteiger partial charge >= 0.3 is 0 Å². The Morgan fingerprint density at radius 2 is 1.93 bits per heavy atom. The van der Waals surface area contributed by atoms with E-state index in [1.54, 1.807) is 6.20 Å². The van der Waals surface area contributed by atoms with Crippen LogP contribution in [-0.2, 0) is 17.8 Å². The summed E-state index contributed by atoms with van der Waals surface area (Å²) in [5.41, 5.74) is 1.21. The Bertz CT molecular complexity index is 660. The Balaban J connectivity index is 0.00000364. The Hall–Kier alpha value is -2.10. The van der Waals surface area contributed by atoms with Crippen LogP contribution in [0.1, 0.15) is 18.9 Å². The van der Waals surface area contributed by atoms with E-state index in [1.807, 2.05) is 42.1 Å². The third-order valence-corrected chi connectivity index (χ3v) is 3.72. The summed E-state index contributed by atoms with van der Waals surface area (Å²) in [5, 5.41) is 13.5. The summed E-state index contributed by atoms with van der Waals surface area (Å²) in [6.45, 7) is 5.09. The predicted octanol–water partition coefficient (Wildman–Crippen LogP) is 1.81. The second-order valence-electron chi connectivity index (χ2n) is 5.83. The van der Waals surface area contributed by atoms with Crippen LogP contribution < -0.4 is 16.0 Å². The Kier molecular flexibility index (Phi) is 11.9. The number of carbonyl (C=O) groups excluding carboxylic acids is 1. The van der Waals surface area contributed by atoms with Gasteiger partial charge in [0.05, 0.1) is 0 Å². The lowest BCUT2D eigenvalue weighted by Crippen LogP contribution is -2.39. The average molecular weight is 484 g/mol. The first-order chi connectivity index (χ1) is 12.8. The minimum absolute atomic E-state index is 0. The van der Waals surface area contributed by atoms with Gasteiger partial charge in [0.15, 0.2) is 5.96 Å². The largest absolute Gasteiger partial charge is 0.357 e. The van der Waals surface area contributed by atoms with E-state index in [1.165, 1.54) is 5.56 Å². The van der Waals surface area contributed by atoms with Gasteiger partial charge in [0.2, 0.25) is 5.91 Å². The summed E-state index contributed by atoms with van der Waals surface area (Å²) in [7, 11) is 0. The number of hydrogen-bond acceptors (Lipinski definition) is 3. The Morgan fingerprint density at radius 1 is 1.11 bits per heavy atom. The quantitative estimate of drug-likeness (QED) is 0.208. The standard InChI is InChI=1S/C19H28N6O.HI/c1-2-20-19(22-11-6-14-25-15-7-12-24-25)23-16-18(26)21-13-10-17-8-4-3-5-9-17;/h3-5,7-9,12,15H,2,6,10-11,13-14,16H2,1H3,(H,21,26)(H2,20,22,23);1H. The Labute approximate surface area is 178 Å². The number of aromatic nitrogens is 2. The SMILES string of the molecule is CCNC(=NCC(=O)NCCc1ccccc1)NCCCn1cccn1.I. The molecule has 7 nitrogen and oxygen atoms in total. The molecule has 0 bridgehead atoms. The molecule has 2 rings (SSSR count). The fraction of sp³-hybridized carbons (Fsp3) is 0.421. The molecule has 1 aromatic carbocycles. The van der Waals surface area contributed by atoms with E-state index in [0.29, 0.717) is 12.5 Å². The number of guanidine groups is 1. The summed E-state index contributed by atoms with van der Waals surface area (Å²) < 4.78 is 1.89. The molecule has 0 fully saturated rings. The smallest absolute Gasteiger partial charge is 0.241 e. The third kappa shape index (κ3) is 9.97. The van der Waals surface area contributed by atoms with Crippen molar-refractivity contribution < 1.29 is 4.79 Å². The highest BCUT2D eigenvalue weighted by Crippen LogP contribution is 1.98. The molecule has 0 aliphatic heterocycles. The van der Waals surface area contributed by atoms with Crippen molar-refractivity contribution in [2.45, 2.75) is 26.3 Å². The van der Waals surface area contributed by atoms with Crippen LogP contribution in [-0.4, -0.2) is 47.8 Å². The van der Waals surface area contributed by atoms with Crippen LogP contribution >= 0.6 is 24.0 Å². The second kappa shape index (κ2) is 14.0. The van der Waals surface area contributed by atoms with Gasteiger partial charge in [-0.1, -0.05) is 30.3 Å². The van der Waals surface area contributed by atoms with E-state index in [0.717, 1.165) is 32.5 Å². The number of nitrogens with one attached hydrogen (secondary N) is 3. The van der Waals surface area contributed by atoms with Crippen LogP contribution in [0.5, 0.6) is 0 Å². The molecular formula is C19H29IN6O. The van der Waals surface area contributed by atoms with Gasteiger partial charge < -0.3 is 16.0 Å². The number of halogens is 1. The predicted molar refractivity (Wildman–Crippen MR) is 119 cm³/mol. The molecule has 0 atom stereocenters. The minimum atomic E-state index is -0.0744. The summed E-state index contributed by atoms with van der Waals surface area (Å²) in [4.78, 5) is 16.3. The van der Waals surface area contributed by atoms with Crippen molar-refractivity contribution in [3.05, 3.63) is 54.4 Å². The molecule has 0 unspecified atom stereocenters. The summed E-state index contributed by atoms with van der Waals surface area (Å²) in [5.74, 6) is 0.584. The number of aliphatic imine (C=N–C) groups is 1. The zero-order valence-corrected chi connectivity index (χ0v) is 18.1. The van der Waals surface area contributed by atoms with Crippen molar-refractivity contribution >= 4 is 35.8 Å². The monoisotopic (exact) mass is 484 g/mol. The van der Waals surface area contributed by atoms with Crippen molar-refractivity contribution in [2.24, 2.45) is 4.99 Å². The molecule has 1 aromatic heterocycles. The molecular weight excluding hydrogens is 455 g/mol. The lowest BCUT2D eigenvalue weighted by Gasteiger charge is -2.11. The van der Waals surface area contributed by atoms with Crippen molar-refractivity contribution in [1.29, 1.82) is 0 Å². The number of nitrogens with zero attached hydrogens (tertiary/aromatic N) is 3. The maximum atomic E-state index is 11.9. The number of hydrogen-bond donors (Lipinski definition) is 3. The Morgan fingerprint density at radius 3 is 2.63 bits per heavy atom. The second-order valence-corrected chi connectivity index (χ2v) is 5.83. The third-order valence-electron chi connectivity index (χ3n) is 3.72. The first-order valence-electron chi connectivity index (χ1n) is 9.08. The summed E-state index contributed by atoms with van der Waals surface area (Å²) in [6, 6.07) is 12.0. The van der Waals surface area contributed by atoms with Gasteiger partial charge in [0, 0.05) is 38.6 Å². The summed E-state index contributed by atoms with van der Waals surface area (Å²) >= 11 is 0. The van der Waals surface area contributed by atoms with Gasteiger partial charge in [-0.3, -0.25) is 9.48 Å². The zero-order chi connectivity index (χ0) is 18.5. The molecule has 8 heteroatoms. The fourth-order valence-electron chi connectivity index (χ4n) is 2.42. The van der Waals surface area contributed by atoms with Crippen LogP contribution in [0.15, 0.2) is 53.8 Å². The molecule has 2 aromatic rings. The van der Waals surface area contributed by atoms with E-state index < -0.39 is 0 Å². The molecule has 148 valence electrons. The van der Waals surface area contributed by atoms with E-state index in [9.17, 15) is 4.79 Å². The maximum absolute atomic E-state index is 11.9. The number of amides is 1. The van der Waals surface area contributed by atoms with E-state index in [4.69, 9.17) is 0 Å². The summed E-state index contributed by atoms with van der Waals surface area (Å²) in [6.07, 6.45) is 5.46. The van der Waals surface area contributed by atoms with Crippen LogP contribution in [0.4, 0.5) is 0 Å². The van der Waals surface area contributed by atoms with Crippen LogP contribution in [0.3, 0.4) is 0 Å². The minimum Gasteiger partial charge on any atom is -0.357 e. The molecule has 0 saturated carbocycles. The van der Waals surface area contributed by atoms with Crippen LogP contribution in [0.25, 0.3) is 0 Å². The molecule has 0 aliphatic rings. The molecule has 0 saturated heterocycles. The molecule has 0 aliphatic carbocycles. The van der Waals surface area contributed by atoms with Gasteiger partial charge in [0.25, 0.3) is 0 Å².